The number of carbonyl (C=O) groups excluding carboxylic acids is 1. The summed E-state index contributed by atoms with van der Waals surface area (Å²) in [5, 5.41) is 5.19. The van der Waals surface area contributed by atoms with Crippen LogP contribution in [-0.2, 0) is 9.84 Å². The van der Waals surface area contributed by atoms with Gasteiger partial charge in [0.25, 0.3) is 5.91 Å². The lowest BCUT2D eigenvalue weighted by Gasteiger charge is -2.00. The van der Waals surface area contributed by atoms with Gasteiger partial charge >= 0.3 is 0 Å². The van der Waals surface area contributed by atoms with Crippen LogP contribution in [0.15, 0.2) is 59.2 Å². The first-order chi connectivity index (χ1) is 13.3. The molecule has 0 spiro atoms. The molecular formula is C18H13ClN4O3S2. The molecule has 10 heteroatoms. The molecule has 28 heavy (non-hydrogen) atoms. The number of carbonyl (C=O) groups is 1. The average Bonchev–Trinajstić information content (AvgIpc) is 3.26. The third-order valence-electron chi connectivity index (χ3n) is 3.94. The van der Waals surface area contributed by atoms with E-state index in [1.807, 2.05) is 18.2 Å². The van der Waals surface area contributed by atoms with E-state index >= 15 is 0 Å². The molecule has 1 amide bonds. The quantitative estimate of drug-likeness (QED) is 0.529. The van der Waals surface area contributed by atoms with Crippen molar-refractivity contribution >= 4 is 49.3 Å². The number of sulfone groups is 1. The minimum atomic E-state index is -3.61. The first-order valence-electron chi connectivity index (χ1n) is 8.03. The molecule has 0 radical (unpaired) electrons. The summed E-state index contributed by atoms with van der Waals surface area (Å²) < 4.78 is 25.4. The zero-order valence-electron chi connectivity index (χ0n) is 14.5. The highest BCUT2D eigenvalue weighted by Crippen LogP contribution is 2.30. The van der Waals surface area contributed by atoms with Crippen LogP contribution in [0.4, 0.5) is 5.13 Å². The number of benzene rings is 1. The van der Waals surface area contributed by atoms with E-state index in [4.69, 9.17) is 11.6 Å². The topological polar surface area (TPSA) is 93.4 Å². The number of halogens is 1. The third kappa shape index (κ3) is 3.39. The van der Waals surface area contributed by atoms with Crippen molar-refractivity contribution in [2.75, 3.05) is 11.6 Å². The number of hydrogen-bond acceptors (Lipinski definition) is 6. The number of nitrogens with one attached hydrogen (secondary N) is 1. The lowest BCUT2D eigenvalue weighted by molar-refractivity contribution is 0.102. The summed E-state index contributed by atoms with van der Waals surface area (Å²) in [6.07, 6.45) is 2.60. The van der Waals surface area contributed by atoms with E-state index in [1.54, 1.807) is 35.8 Å². The fourth-order valence-corrected chi connectivity index (χ4v) is 4.43. The van der Waals surface area contributed by atoms with Crippen LogP contribution >= 0.6 is 22.9 Å². The van der Waals surface area contributed by atoms with Gasteiger partial charge in [-0.1, -0.05) is 35.9 Å². The monoisotopic (exact) mass is 432 g/mol. The molecule has 0 fully saturated rings. The molecule has 0 aliphatic rings. The number of pyridine rings is 1. The Morgan fingerprint density at radius 2 is 1.89 bits per heavy atom. The Kier molecular flexibility index (Phi) is 4.66. The van der Waals surface area contributed by atoms with Crippen molar-refractivity contribution in [3.8, 4) is 11.3 Å². The predicted octanol–water partition coefficient (Wildman–Crippen LogP) is 3.77. The number of amides is 1. The molecule has 0 bridgehead atoms. The van der Waals surface area contributed by atoms with Crippen molar-refractivity contribution in [1.82, 2.24) is 14.4 Å². The van der Waals surface area contributed by atoms with Crippen molar-refractivity contribution in [2.45, 2.75) is 5.16 Å². The third-order valence-corrected chi connectivity index (χ3v) is 5.98. The van der Waals surface area contributed by atoms with Gasteiger partial charge in [0.05, 0.1) is 11.2 Å². The van der Waals surface area contributed by atoms with Gasteiger partial charge in [-0.15, -0.1) is 11.3 Å². The molecule has 142 valence electrons. The van der Waals surface area contributed by atoms with Crippen LogP contribution in [0.25, 0.3) is 16.8 Å². The zero-order valence-corrected chi connectivity index (χ0v) is 16.8. The average molecular weight is 433 g/mol. The van der Waals surface area contributed by atoms with Gasteiger partial charge in [0.2, 0.25) is 15.0 Å². The summed E-state index contributed by atoms with van der Waals surface area (Å²) in [5.41, 5.74) is 1.80. The molecule has 0 saturated carbocycles. The van der Waals surface area contributed by atoms with Gasteiger partial charge in [-0.3, -0.25) is 14.5 Å². The van der Waals surface area contributed by atoms with Crippen LogP contribution < -0.4 is 5.32 Å². The summed E-state index contributed by atoms with van der Waals surface area (Å²) >= 11 is 7.43. The van der Waals surface area contributed by atoms with Gasteiger partial charge in [0, 0.05) is 28.4 Å². The van der Waals surface area contributed by atoms with Gasteiger partial charge in [-0.2, -0.15) is 0 Å². The van der Waals surface area contributed by atoms with Crippen molar-refractivity contribution < 1.29 is 13.2 Å². The van der Waals surface area contributed by atoms with E-state index in [-0.39, 0.29) is 10.9 Å². The molecular weight excluding hydrogens is 420 g/mol. The number of anilines is 1. The summed E-state index contributed by atoms with van der Waals surface area (Å²) in [6, 6.07) is 12.3. The van der Waals surface area contributed by atoms with Crippen molar-refractivity contribution in [3.63, 3.8) is 0 Å². The second kappa shape index (κ2) is 7.01. The number of nitrogens with zero attached hydrogens (tertiary/aromatic N) is 3. The molecule has 7 nitrogen and oxygen atoms in total. The molecule has 0 aliphatic heterocycles. The van der Waals surface area contributed by atoms with Crippen LogP contribution in [0.1, 0.15) is 10.5 Å². The molecule has 1 N–H and O–H groups in total. The van der Waals surface area contributed by atoms with Crippen LogP contribution in [0, 0.1) is 0 Å². The highest BCUT2D eigenvalue weighted by molar-refractivity contribution is 7.90. The number of fused-ring (bicyclic) bond motifs is 1. The molecule has 4 rings (SSSR count). The Morgan fingerprint density at radius 3 is 2.64 bits per heavy atom. The van der Waals surface area contributed by atoms with E-state index in [0.717, 1.165) is 11.8 Å². The molecule has 0 unspecified atom stereocenters. The highest BCUT2D eigenvalue weighted by Gasteiger charge is 2.23. The van der Waals surface area contributed by atoms with Crippen LogP contribution in [-0.4, -0.2) is 34.9 Å². The Balaban J connectivity index is 1.68. The van der Waals surface area contributed by atoms with Crippen LogP contribution in [0.5, 0.6) is 0 Å². The zero-order chi connectivity index (χ0) is 19.9. The summed E-state index contributed by atoms with van der Waals surface area (Å²) in [4.78, 5) is 21.2. The van der Waals surface area contributed by atoms with Gasteiger partial charge < -0.3 is 0 Å². The summed E-state index contributed by atoms with van der Waals surface area (Å²) in [5.74, 6) is -0.543. The SMILES string of the molecule is CS(=O)(=O)c1nc(C(=O)Nc2nc(-c3ccccc3Cl)cs2)c2ccccn12. The molecule has 0 aliphatic carbocycles. The smallest absolute Gasteiger partial charge is 0.278 e. The summed E-state index contributed by atoms with van der Waals surface area (Å²) in [7, 11) is -3.61. The summed E-state index contributed by atoms with van der Waals surface area (Å²) in [6.45, 7) is 0. The minimum absolute atomic E-state index is 0.00974. The van der Waals surface area contributed by atoms with E-state index in [1.165, 1.54) is 15.7 Å². The maximum Gasteiger partial charge on any atom is 0.278 e. The number of rotatable bonds is 4. The van der Waals surface area contributed by atoms with Crippen molar-refractivity contribution in [2.24, 2.45) is 0 Å². The molecule has 3 heterocycles. The normalized spacial score (nSPS) is 11.6. The number of thiazole rings is 1. The standard InChI is InChI=1S/C18H13ClN4O3S2/c1-28(25,26)18-21-15(14-8-4-5-9-23(14)18)16(24)22-17-20-13(10-27-17)11-6-2-3-7-12(11)19/h2-10H,1H3,(H,20,22,24). The second-order valence-electron chi connectivity index (χ2n) is 5.94. The lowest BCUT2D eigenvalue weighted by atomic mass is 10.2. The van der Waals surface area contributed by atoms with E-state index < -0.39 is 15.7 Å². The minimum Gasteiger partial charge on any atom is -0.296 e. The molecule has 1 aromatic carbocycles. The number of aromatic nitrogens is 3. The Labute approximate surface area is 169 Å². The lowest BCUT2D eigenvalue weighted by Crippen LogP contribution is -2.13. The van der Waals surface area contributed by atoms with Crippen molar-refractivity contribution in [3.05, 3.63) is 64.8 Å². The Hall–Kier alpha value is -2.75. The van der Waals surface area contributed by atoms with Gasteiger partial charge in [0.1, 0.15) is 0 Å². The highest BCUT2D eigenvalue weighted by atomic mass is 35.5. The van der Waals surface area contributed by atoms with Gasteiger partial charge in [0.15, 0.2) is 10.8 Å². The Morgan fingerprint density at radius 1 is 1.14 bits per heavy atom. The van der Waals surface area contributed by atoms with Crippen LogP contribution in [0.2, 0.25) is 5.02 Å². The first kappa shape index (κ1) is 18.6. The molecule has 3 aromatic heterocycles. The first-order valence-corrected chi connectivity index (χ1v) is 11.2. The molecule has 0 saturated heterocycles. The maximum absolute atomic E-state index is 12.7. The largest absolute Gasteiger partial charge is 0.296 e. The Bertz CT molecular complexity index is 1310. The molecule has 0 atom stereocenters. The predicted molar refractivity (Wildman–Crippen MR) is 109 cm³/mol. The van der Waals surface area contributed by atoms with Crippen LogP contribution in [0.3, 0.4) is 0 Å². The van der Waals surface area contributed by atoms with E-state index in [0.29, 0.717) is 21.4 Å². The second-order valence-corrected chi connectivity index (χ2v) is 9.12. The fraction of sp³-hybridized carbons (Fsp3) is 0.0556. The number of imidazole rings is 1. The maximum atomic E-state index is 12.7. The van der Waals surface area contributed by atoms with Gasteiger partial charge in [-0.05, 0) is 18.2 Å². The van der Waals surface area contributed by atoms with Gasteiger partial charge in [-0.25, -0.2) is 18.4 Å². The molecule has 4 aromatic rings. The van der Waals surface area contributed by atoms with E-state index in [2.05, 4.69) is 15.3 Å². The van der Waals surface area contributed by atoms with Crippen molar-refractivity contribution in [1.29, 1.82) is 0 Å². The van der Waals surface area contributed by atoms with E-state index in [9.17, 15) is 13.2 Å². The fourth-order valence-electron chi connectivity index (χ4n) is 2.72. The number of hydrogen-bond donors (Lipinski definition) is 1.